The lowest BCUT2D eigenvalue weighted by Crippen LogP contribution is -2.30. The maximum absolute atomic E-state index is 12.1. The van der Waals surface area contributed by atoms with Gasteiger partial charge in [0, 0.05) is 25.6 Å². The Balaban J connectivity index is 2.17. The number of nitrogens with zero attached hydrogens (tertiary/aromatic N) is 2. The van der Waals surface area contributed by atoms with Gasteiger partial charge in [-0.2, -0.15) is 0 Å². The van der Waals surface area contributed by atoms with Gasteiger partial charge in [0.1, 0.15) is 11.5 Å². The minimum absolute atomic E-state index is 0.0991. The summed E-state index contributed by atoms with van der Waals surface area (Å²) in [6, 6.07) is 3.12. The van der Waals surface area contributed by atoms with Crippen LogP contribution in [0.25, 0.3) is 0 Å². The lowest BCUT2D eigenvalue weighted by atomic mass is 10.1. The molecule has 1 amide bonds. The van der Waals surface area contributed by atoms with Crippen LogP contribution in [-0.2, 0) is 0 Å². The number of likely N-dealkylation sites (tertiary alicyclic amines) is 1. The fourth-order valence-electron chi connectivity index (χ4n) is 1.92. The largest absolute Gasteiger partial charge is 0.396 e. The van der Waals surface area contributed by atoms with Gasteiger partial charge < -0.3 is 15.7 Å². The molecule has 5 nitrogen and oxygen atoms in total. The molecule has 1 aromatic rings. The number of hydrogen-bond donors (Lipinski definition) is 2. The summed E-state index contributed by atoms with van der Waals surface area (Å²) in [6.45, 7) is 1.26. The van der Waals surface area contributed by atoms with Crippen LogP contribution in [-0.4, -0.2) is 40.6 Å². The van der Waals surface area contributed by atoms with E-state index in [4.69, 9.17) is 22.4 Å². The zero-order chi connectivity index (χ0) is 12.4. The molecule has 0 spiro atoms. The molecule has 3 N–H and O–H groups in total. The van der Waals surface area contributed by atoms with Crippen LogP contribution >= 0.6 is 11.6 Å². The molecule has 0 bridgehead atoms. The average Bonchev–Trinajstić information content (AvgIpc) is 2.80. The Morgan fingerprint density at radius 3 is 3.06 bits per heavy atom. The van der Waals surface area contributed by atoms with Gasteiger partial charge >= 0.3 is 0 Å². The number of aliphatic hydroxyl groups is 1. The lowest BCUT2D eigenvalue weighted by Gasteiger charge is -2.16. The first-order valence-corrected chi connectivity index (χ1v) is 5.81. The Labute approximate surface area is 104 Å². The second kappa shape index (κ2) is 4.89. The number of aromatic nitrogens is 1. The molecule has 6 heteroatoms. The van der Waals surface area contributed by atoms with Crippen LogP contribution in [0.15, 0.2) is 12.1 Å². The van der Waals surface area contributed by atoms with Gasteiger partial charge in [-0.15, -0.1) is 0 Å². The molecule has 0 radical (unpaired) electrons. The van der Waals surface area contributed by atoms with Gasteiger partial charge in [0.05, 0.1) is 5.02 Å². The Bertz CT molecular complexity index is 439. The minimum Gasteiger partial charge on any atom is -0.396 e. The van der Waals surface area contributed by atoms with Gasteiger partial charge in [-0.05, 0) is 18.6 Å². The summed E-state index contributed by atoms with van der Waals surface area (Å²) in [6.07, 6.45) is 0.808. The van der Waals surface area contributed by atoms with Crippen LogP contribution in [0.4, 0.5) is 5.82 Å². The van der Waals surface area contributed by atoms with Gasteiger partial charge in [0.25, 0.3) is 5.91 Å². The molecule has 1 atom stereocenters. The fourth-order valence-corrected chi connectivity index (χ4v) is 2.11. The summed E-state index contributed by atoms with van der Waals surface area (Å²) in [4.78, 5) is 17.7. The van der Waals surface area contributed by atoms with Crippen LogP contribution in [0.1, 0.15) is 16.9 Å². The number of rotatable bonds is 2. The second-order valence-electron chi connectivity index (χ2n) is 4.15. The molecule has 1 saturated heterocycles. The van der Waals surface area contributed by atoms with Crippen LogP contribution in [0.2, 0.25) is 5.02 Å². The molecule has 2 rings (SSSR count). The number of aliphatic hydroxyl groups excluding tert-OH is 1. The predicted octanol–water partition coefficient (Wildman–Crippen LogP) is 0.772. The van der Waals surface area contributed by atoms with E-state index in [2.05, 4.69) is 4.98 Å². The van der Waals surface area contributed by atoms with Crippen molar-refractivity contribution in [3.05, 3.63) is 22.8 Å². The third-order valence-electron chi connectivity index (χ3n) is 2.90. The summed E-state index contributed by atoms with van der Waals surface area (Å²) in [5.74, 6) is 0.202. The summed E-state index contributed by atoms with van der Waals surface area (Å²) in [7, 11) is 0. The molecular formula is C11H14ClN3O2. The Kier molecular flexibility index (Phi) is 3.49. The van der Waals surface area contributed by atoms with Crippen molar-refractivity contribution in [3.63, 3.8) is 0 Å². The van der Waals surface area contributed by atoms with Crippen molar-refractivity contribution in [2.45, 2.75) is 6.42 Å². The Morgan fingerprint density at radius 2 is 2.41 bits per heavy atom. The van der Waals surface area contributed by atoms with Crippen molar-refractivity contribution in [3.8, 4) is 0 Å². The average molecular weight is 256 g/mol. The number of nitrogen functional groups attached to an aromatic ring is 1. The van der Waals surface area contributed by atoms with Gasteiger partial charge in [0.15, 0.2) is 0 Å². The highest BCUT2D eigenvalue weighted by Gasteiger charge is 2.28. The monoisotopic (exact) mass is 255 g/mol. The number of carbonyl (C=O) groups is 1. The molecule has 0 aliphatic carbocycles. The van der Waals surface area contributed by atoms with E-state index in [1.165, 1.54) is 0 Å². The molecule has 92 valence electrons. The zero-order valence-corrected chi connectivity index (χ0v) is 10.0. The molecule has 1 aromatic heterocycles. The molecule has 17 heavy (non-hydrogen) atoms. The fraction of sp³-hybridized carbons (Fsp3) is 0.455. The number of anilines is 1. The van der Waals surface area contributed by atoms with Crippen LogP contribution in [0, 0.1) is 5.92 Å². The van der Waals surface area contributed by atoms with Gasteiger partial charge in [-0.3, -0.25) is 4.79 Å². The van der Waals surface area contributed by atoms with Gasteiger partial charge in [0.2, 0.25) is 0 Å². The summed E-state index contributed by atoms with van der Waals surface area (Å²) < 4.78 is 0. The number of hydrogen-bond acceptors (Lipinski definition) is 4. The van der Waals surface area contributed by atoms with E-state index in [9.17, 15) is 4.79 Å². The van der Waals surface area contributed by atoms with Crippen molar-refractivity contribution in [1.82, 2.24) is 9.88 Å². The molecule has 1 aliphatic heterocycles. The third-order valence-corrected chi connectivity index (χ3v) is 3.21. The summed E-state index contributed by atoms with van der Waals surface area (Å²) in [5.41, 5.74) is 5.72. The molecule has 1 aliphatic rings. The highest BCUT2D eigenvalue weighted by Crippen LogP contribution is 2.21. The van der Waals surface area contributed by atoms with Crippen molar-refractivity contribution in [2.75, 3.05) is 25.4 Å². The maximum Gasteiger partial charge on any atom is 0.274 e. The summed E-state index contributed by atoms with van der Waals surface area (Å²) >= 11 is 5.92. The molecule has 1 fully saturated rings. The first kappa shape index (κ1) is 12.1. The number of halogens is 1. The first-order valence-electron chi connectivity index (χ1n) is 5.44. The Hall–Kier alpha value is -1.33. The number of pyridine rings is 1. The molecule has 0 saturated carbocycles. The SMILES string of the molecule is Nc1ccc(Cl)c(C(=O)N2CCC(CO)C2)n1. The standard InChI is InChI=1S/C11H14ClN3O2/c12-8-1-2-9(13)14-10(8)11(17)15-4-3-7(5-15)6-16/h1-2,7,16H,3-6H2,(H2,13,14). The number of amides is 1. The van der Waals surface area contributed by atoms with E-state index in [1.807, 2.05) is 0 Å². The number of carbonyl (C=O) groups excluding carboxylic acids is 1. The summed E-state index contributed by atoms with van der Waals surface area (Å²) in [5, 5.41) is 9.34. The van der Waals surface area contributed by atoms with E-state index >= 15 is 0 Å². The highest BCUT2D eigenvalue weighted by molar-refractivity contribution is 6.33. The van der Waals surface area contributed by atoms with Gasteiger partial charge in [-0.25, -0.2) is 4.98 Å². The van der Waals surface area contributed by atoms with Crippen LogP contribution in [0.5, 0.6) is 0 Å². The van der Waals surface area contributed by atoms with E-state index in [0.717, 1.165) is 6.42 Å². The number of nitrogens with two attached hydrogens (primary N) is 1. The van der Waals surface area contributed by atoms with E-state index in [-0.39, 0.29) is 29.9 Å². The highest BCUT2D eigenvalue weighted by atomic mass is 35.5. The Morgan fingerprint density at radius 1 is 1.65 bits per heavy atom. The smallest absolute Gasteiger partial charge is 0.274 e. The molecule has 1 unspecified atom stereocenters. The quantitative estimate of drug-likeness (QED) is 0.818. The van der Waals surface area contributed by atoms with E-state index in [0.29, 0.717) is 18.1 Å². The van der Waals surface area contributed by atoms with Crippen molar-refractivity contribution in [1.29, 1.82) is 0 Å². The molecule has 2 heterocycles. The first-order chi connectivity index (χ1) is 8.11. The normalized spacial score (nSPS) is 19.6. The van der Waals surface area contributed by atoms with Crippen molar-refractivity contribution < 1.29 is 9.90 Å². The van der Waals surface area contributed by atoms with Crippen LogP contribution in [0.3, 0.4) is 0 Å². The predicted molar refractivity (Wildman–Crippen MR) is 64.8 cm³/mol. The molecular weight excluding hydrogens is 242 g/mol. The molecule has 0 aromatic carbocycles. The van der Waals surface area contributed by atoms with E-state index < -0.39 is 0 Å². The topological polar surface area (TPSA) is 79.5 Å². The maximum atomic E-state index is 12.1. The van der Waals surface area contributed by atoms with Crippen LogP contribution < -0.4 is 5.73 Å². The van der Waals surface area contributed by atoms with Gasteiger partial charge in [-0.1, -0.05) is 11.6 Å². The lowest BCUT2D eigenvalue weighted by molar-refractivity contribution is 0.0776. The minimum atomic E-state index is -0.224. The second-order valence-corrected chi connectivity index (χ2v) is 4.56. The van der Waals surface area contributed by atoms with Crippen molar-refractivity contribution >= 4 is 23.3 Å². The van der Waals surface area contributed by atoms with E-state index in [1.54, 1.807) is 17.0 Å². The zero-order valence-electron chi connectivity index (χ0n) is 9.27. The third kappa shape index (κ3) is 2.50. The van der Waals surface area contributed by atoms with Crippen molar-refractivity contribution in [2.24, 2.45) is 5.92 Å².